The summed E-state index contributed by atoms with van der Waals surface area (Å²) in [5, 5.41) is 3.57. The predicted octanol–water partition coefficient (Wildman–Crippen LogP) is 3.34. The molecule has 0 aliphatic carbocycles. The van der Waals surface area contributed by atoms with Gasteiger partial charge in [0, 0.05) is 30.7 Å². The van der Waals surface area contributed by atoms with Crippen LogP contribution in [0.25, 0.3) is 0 Å². The summed E-state index contributed by atoms with van der Waals surface area (Å²) in [4.78, 5) is 8.41. The van der Waals surface area contributed by atoms with Crippen molar-refractivity contribution >= 4 is 0 Å². The van der Waals surface area contributed by atoms with Gasteiger partial charge in [-0.05, 0) is 26.2 Å². The average Bonchev–Trinajstić information content (AvgIpc) is 2.29. The van der Waals surface area contributed by atoms with E-state index in [2.05, 4.69) is 43.0 Å². The zero-order valence-electron chi connectivity index (χ0n) is 11.5. The van der Waals surface area contributed by atoms with Gasteiger partial charge in [0.2, 0.25) is 0 Å². The van der Waals surface area contributed by atoms with E-state index in [1.165, 1.54) is 19.3 Å². The quantitative estimate of drug-likeness (QED) is 0.787. The second kappa shape index (κ2) is 7.38. The van der Waals surface area contributed by atoms with Crippen molar-refractivity contribution in [2.45, 2.75) is 59.0 Å². The Labute approximate surface area is 105 Å². The molecule has 0 radical (unpaired) electrons. The number of rotatable bonds is 7. The van der Waals surface area contributed by atoms with E-state index >= 15 is 0 Å². The Hall–Kier alpha value is -0.960. The standard InChI is InChI=1S/C14H25N3/c1-11(2)6-5-7-12(3)17-13(4)14-10-15-8-9-16-14/h8-13,17H,5-7H2,1-4H3. The molecule has 0 aromatic carbocycles. The van der Waals surface area contributed by atoms with E-state index in [1.807, 2.05) is 6.20 Å². The first-order valence-corrected chi connectivity index (χ1v) is 6.61. The van der Waals surface area contributed by atoms with E-state index in [-0.39, 0.29) is 6.04 Å². The van der Waals surface area contributed by atoms with Crippen LogP contribution in [0.3, 0.4) is 0 Å². The van der Waals surface area contributed by atoms with E-state index < -0.39 is 0 Å². The van der Waals surface area contributed by atoms with E-state index in [1.54, 1.807) is 12.4 Å². The highest BCUT2D eigenvalue weighted by Crippen LogP contribution is 2.12. The molecule has 1 N–H and O–H groups in total. The lowest BCUT2D eigenvalue weighted by Crippen LogP contribution is -2.29. The third-order valence-corrected chi connectivity index (χ3v) is 2.98. The molecule has 1 aromatic rings. The summed E-state index contributed by atoms with van der Waals surface area (Å²) in [7, 11) is 0. The van der Waals surface area contributed by atoms with Crippen molar-refractivity contribution in [3.8, 4) is 0 Å². The van der Waals surface area contributed by atoms with Crippen molar-refractivity contribution in [1.82, 2.24) is 15.3 Å². The monoisotopic (exact) mass is 235 g/mol. The first-order chi connectivity index (χ1) is 8.09. The van der Waals surface area contributed by atoms with Crippen LogP contribution in [-0.2, 0) is 0 Å². The van der Waals surface area contributed by atoms with Crippen molar-refractivity contribution in [1.29, 1.82) is 0 Å². The molecule has 96 valence electrons. The lowest BCUT2D eigenvalue weighted by Gasteiger charge is -2.19. The molecule has 0 aliphatic heterocycles. The van der Waals surface area contributed by atoms with Crippen LogP contribution in [0.5, 0.6) is 0 Å². The van der Waals surface area contributed by atoms with Crippen molar-refractivity contribution in [3.05, 3.63) is 24.3 Å². The Morgan fingerprint density at radius 3 is 2.47 bits per heavy atom. The molecule has 0 bridgehead atoms. The number of hydrogen-bond donors (Lipinski definition) is 1. The molecule has 1 heterocycles. The molecule has 0 fully saturated rings. The molecule has 3 heteroatoms. The van der Waals surface area contributed by atoms with Gasteiger partial charge < -0.3 is 5.32 Å². The van der Waals surface area contributed by atoms with Gasteiger partial charge in [0.1, 0.15) is 0 Å². The van der Waals surface area contributed by atoms with E-state index in [9.17, 15) is 0 Å². The second-order valence-electron chi connectivity index (χ2n) is 5.24. The van der Waals surface area contributed by atoms with Crippen molar-refractivity contribution in [2.24, 2.45) is 5.92 Å². The molecule has 0 saturated heterocycles. The van der Waals surface area contributed by atoms with Crippen LogP contribution in [0.4, 0.5) is 0 Å². The Morgan fingerprint density at radius 1 is 1.12 bits per heavy atom. The topological polar surface area (TPSA) is 37.8 Å². The maximum atomic E-state index is 4.32. The van der Waals surface area contributed by atoms with Crippen LogP contribution in [0.15, 0.2) is 18.6 Å². The maximum Gasteiger partial charge on any atom is 0.0753 e. The van der Waals surface area contributed by atoms with Gasteiger partial charge in [-0.3, -0.25) is 9.97 Å². The van der Waals surface area contributed by atoms with Crippen LogP contribution in [0.1, 0.15) is 58.7 Å². The number of nitrogens with one attached hydrogen (secondary N) is 1. The molecule has 17 heavy (non-hydrogen) atoms. The fourth-order valence-electron chi connectivity index (χ4n) is 1.96. The summed E-state index contributed by atoms with van der Waals surface area (Å²) in [5.74, 6) is 0.805. The minimum atomic E-state index is 0.276. The predicted molar refractivity (Wildman–Crippen MR) is 71.7 cm³/mol. The fraction of sp³-hybridized carbons (Fsp3) is 0.714. The molecule has 3 nitrogen and oxygen atoms in total. The second-order valence-corrected chi connectivity index (χ2v) is 5.24. The highest BCUT2D eigenvalue weighted by molar-refractivity contribution is 5.00. The van der Waals surface area contributed by atoms with Crippen LogP contribution in [0, 0.1) is 5.92 Å². The molecular formula is C14H25N3. The summed E-state index contributed by atoms with van der Waals surface area (Å²) in [6.07, 6.45) is 9.12. The summed E-state index contributed by atoms with van der Waals surface area (Å²) in [6, 6.07) is 0.809. The molecule has 0 aliphatic rings. The Bertz CT molecular complexity index is 298. The Morgan fingerprint density at radius 2 is 1.88 bits per heavy atom. The lowest BCUT2D eigenvalue weighted by atomic mass is 10.0. The third-order valence-electron chi connectivity index (χ3n) is 2.98. The van der Waals surface area contributed by atoms with Crippen LogP contribution in [-0.4, -0.2) is 16.0 Å². The van der Waals surface area contributed by atoms with Gasteiger partial charge in [0.25, 0.3) is 0 Å². The highest BCUT2D eigenvalue weighted by Gasteiger charge is 2.10. The molecule has 0 saturated carbocycles. The van der Waals surface area contributed by atoms with Crippen LogP contribution < -0.4 is 5.32 Å². The molecule has 1 aromatic heterocycles. The van der Waals surface area contributed by atoms with Crippen LogP contribution in [0.2, 0.25) is 0 Å². The number of hydrogen-bond acceptors (Lipinski definition) is 3. The Balaban J connectivity index is 2.28. The summed E-state index contributed by atoms with van der Waals surface area (Å²) in [6.45, 7) is 8.94. The lowest BCUT2D eigenvalue weighted by molar-refractivity contribution is 0.419. The van der Waals surface area contributed by atoms with Crippen molar-refractivity contribution < 1.29 is 0 Å². The van der Waals surface area contributed by atoms with E-state index in [4.69, 9.17) is 0 Å². The smallest absolute Gasteiger partial charge is 0.0753 e. The van der Waals surface area contributed by atoms with Crippen molar-refractivity contribution in [2.75, 3.05) is 0 Å². The van der Waals surface area contributed by atoms with Crippen molar-refractivity contribution in [3.63, 3.8) is 0 Å². The molecule has 0 amide bonds. The van der Waals surface area contributed by atoms with Gasteiger partial charge in [-0.15, -0.1) is 0 Å². The fourth-order valence-corrected chi connectivity index (χ4v) is 1.96. The normalized spacial score (nSPS) is 14.9. The largest absolute Gasteiger partial charge is 0.306 e. The SMILES string of the molecule is CC(C)CCCC(C)NC(C)c1cnccn1. The van der Waals surface area contributed by atoms with Gasteiger partial charge in [-0.1, -0.05) is 26.7 Å². The molecule has 1 rings (SSSR count). The van der Waals surface area contributed by atoms with Gasteiger partial charge in [0.15, 0.2) is 0 Å². The molecular weight excluding hydrogens is 210 g/mol. The highest BCUT2D eigenvalue weighted by atomic mass is 15.0. The van der Waals surface area contributed by atoms with Gasteiger partial charge in [0.05, 0.1) is 5.69 Å². The van der Waals surface area contributed by atoms with Gasteiger partial charge in [-0.25, -0.2) is 0 Å². The van der Waals surface area contributed by atoms with E-state index in [0.29, 0.717) is 6.04 Å². The van der Waals surface area contributed by atoms with Gasteiger partial charge in [-0.2, -0.15) is 0 Å². The summed E-state index contributed by atoms with van der Waals surface area (Å²) in [5.41, 5.74) is 1.02. The maximum absolute atomic E-state index is 4.32. The van der Waals surface area contributed by atoms with Gasteiger partial charge >= 0.3 is 0 Å². The van der Waals surface area contributed by atoms with E-state index in [0.717, 1.165) is 11.6 Å². The first-order valence-electron chi connectivity index (χ1n) is 6.61. The summed E-state index contributed by atoms with van der Waals surface area (Å²) >= 11 is 0. The Kier molecular flexibility index (Phi) is 6.12. The molecule has 2 atom stereocenters. The minimum absolute atomic E-state index is 0.276. The zero-order chi connectivity index (χ0) is 12.7. The minimum Gasteiger partial charge on any atom is -0.306 e. The zero-order valence-corrected chi connectivity index (χ0v) is 11.5. The molecule has 2 unspecified atom stereocenters. The number of aromatic nitrogens is 2. The third kappa shape index (κ3) is 5.78. The number of nitrogens with zero attached hydrogens (tertiary/aromatic N) is 2. The average molecular weight is 235 g/mol. The van der Waals surface area contributed by atoms with Crippen LogP contribution >= 0.6 is 0 Å². The molecule has 0 spiro atoms. The first kappa shape index (κ1) is 14.1. The summed E-state index contributed by atoms with van der Waals surface area (Å²) < 4.78 is 0.